The molecule has 0 spiro atoms. The molecule has 210 valence electrons. The van der Waals surface area contributed by atoms with Gasteiger partial charge in [0.25, 0.3) is 5.91 Å². The largest absolute Gasteiger partial charge is 0.490 e. The number of hydrogen-bond acceptors (Lipinski definition) is 6. The highest BCUT2D eigenvalue weighted by molar-refractivity contribution is 6.08. The molecule has 1 N–H and O–H groups in total. The lowest BCUT2D eigenvalue weighted by atomic mass is 10.1. The van der Waals surface area contributed by atoms with Gasteiger partial charge in [-0.05, 0) is 103 Å². The number of benzene rings is 2. The number of ketones is 1. The number of nitrogens with zero attached hydrogens (tertiary/aromatic N) is 1. The summed E-state index contributed by atoms with van der Waals surface area (Å²) in [6.45, 7) is 10.2. The number of allylic oxidation sites excluding steroid dienone is 3. The SMILES string of the molecule is CC(C)=CCOc1ccc(/C=C/C(=O)c2ccc(OCC=C(C)C)cc2OCC(=O)NCCCN(C)C)cc1. The lowest BCUT2D eigenvalue weighted by molar-refractivity contribution is -0.123. The van der Waals surface area contributed by atoms with Crippen LogP contribution in [0.4, 0.5) is 0 Å². The van der Waals surface area contributed by atoms with Gasteiger partial charge in [0.2, 0.25) is 0 Å². The molecule has 7 heteroatoms. The van der Waals surface area contributed by atoms with E-state index < -0.39 is 0 Å². The minimum atomic E-state index is -0.245. The van der Waals surface area contributed by atoms with Crippen molar-refractivity contribution >= 4 is 17.8 Å². The zero-order chi connectivity index (χ0) is 28.6. The van der Waals surface area contributed by atoms with Crippen molar-refractivity contribution in [1.29, 1.82) is 0 Å². The first-order valence-electron chi connectivity index (χ1n) is 13.2. The van der Waals surface area contributed by atoms with Crippen molar-refractivity contribution in [2.24, 2.45) is 0 Å². The Bertz CT molecular complexity index is 1160. The molecule has 7 nitrogen and oxygen atoms in total. The number of nitrogens with one attached hydrogen (secondary N) is 1. The Kier molecular flexibility index (Phi) is 13.6. The lowest BCUT2D eigenvalue weighted by Crippen LogP contribution is -2.31. The van der Waals surface area contributed by atoms with Gasteiger partial charge in [0, 0.05) is 12.6 Å². The Hall–Kier alpha value is -3.84. The summed E-state index contributed by atoms with van der Waals surface area (Å²) in [7, 11) is 3.97. The minimum Gasteiger partial charge on any atom is -0.490 e. The maximum atomic E-state index is 13.1. The average molecular weight is 535 g/mol. The highest BCUT2D eigenvalue weighted by Gasteiger charge is 2.14. The number of rotatable bonds is 16. The first kappa shape index (κ1) is 31.4. The molecule has 2 aromatic carbocycles. The summed E-state index contributed by atoms with van der Waals surface area (Å²) in [5, 5.41) is 2.85. The van der Waals surface area contributed by atoms with Crippen molar-refractivity contribution in [3.8, 4) is 17.2 Å². The maximum Gasteiger partial charge on any atom is 0.257 e. The first-order chi connectivity index (χ1) is 18.6. The normalized spacial score (nSPS) is 10.7. The van der Waals surface area contributed by atoms with Crippen LogP contribution in [-0.4, -0.2) is 63.6 Å². The second kappa shape index (κ2) is 16.9. The zero-order valence-corrected chi connectivity index (χ0v) is 24.1. The Morgan fingerprint density at radius 3 is 2.08 bits per heavy atom. The Labute approximate surface area is 233 Å². The summed E-state index contributed by atoms with van der Waals surface area (Å²) < 4.78 is 17.3. The van der Waals surface area contributed by atoms with E-state index in [-0.39, 0.29) is 18.3 Å². The molecule has 0 saturated carbocycles. The molecule has 0 aromatic heterocycles. The van der Waals surface area contributed by atoms with Gasteiger partial charge < -0.3 is 24.4 Å². The second-order valence-electron chi connectivity index (χ2n) is 9.91. The van der Waals surface area contributed by atoms with Gasteiger partial charge in [-0.3, -0.25) is 9.59 Å². The Balaban J connectivity index is 2.09. The van der Waals surface area contributed by atoms with Crippen molar-refractivity contribution in [1.82, 2.24) is 10.2 Å². The van der Waals surface area contributed by atoms with Crippen LogP contribution >= 0.6 is 0 Å². The molecule has 0 fully saturated rings. The molecule has 0 unspecified atom stereocenters. The lowest BCUT2D eigenvalue weighted by Gasteiger charge is -2.13. The minimum absolute atomic E-state index is 0.197. The summed E-state index contributed by atoms with van der Waals surface area (Å²) in [6, 6.07) is 12.6. The second-order valence-corrected chi connectivity index (χ2v) is 9.91. The summed E-state index contributed by atoms with van der Waals surface area (Å²) in [5.74, 6) is 1.13. The molecule has 2 rings (SSSR count). The van der Waals surface area contributed by atoms with Gasteiger partial charge in [-0.1, -0.05) is 29.4 Å². The molecule has 1 amide bonds. The van der Waals surface area contributed by atoms with Gasteiger partial charge >= 0.3 is 0 Å². The van der Waals surface area contributed by atoms with E-state index >= 15 is 0 Å². The van der Waals surface area contributed by atoms with E-state index in [2.05, 4.69) is 10.2 Å². The maximum absolute atomic E-state index is 13.1. The third-order valence-electron chi connectivity index (χ3n) is 5.47. The van der Waals surface area contributed by atoms with E-state index in [1.165, 1.54) is 11.6 Å². The fraction of sp³-hybridized carbons (Fsp3) is 0.375. The van der Waals surface area contributed by atoms with Gasteiger partial charge in [-0.2, -0.15) is 0 Å². The van der Waals surface area contributed by atoms with Gasteiger partial charge in [0.15, 0.2) is 12.4 Å². The summed E-state index contributed by atoms with van der Waals surface area (Å²) >= 11 is 0. The number of carbonyl (C=O) groups excluding carboxylic acids is 2. The van der Waals surface area contributed by atoms with Gasteiger partial charge in [0.1, 0.15) is 30.5 Å². The van der Waals surface area contributed by atoms with Gasteiger partial charge in [0.05, 0.1) is 5.56 Å². The summed E-state index contributed by atoms with van der Waals surface area (Å²) in [6.07, 6.45) is 8.04. The van der Waals surface area contributed by atoms with Crippen LogP contribution in [-0.2, 0) is 4.79 Å². The fourth-order valence-corrected chi connectivity index (χ4v) is 3.28. The molecular formula is C32H42N2O5. The van der Waals surface area contributed by atoms with Crippen LogP contribution in [0.1, 0.15) is 50.0 Å². The van der Waals surface area contributed by atoms with E-state index in [4.69, 9.17) is 14.2 Å². The molecule has 0 heterocycles. The molecule has 0 aliphatic heterocycles. The quantitative estimate of drug-likeness (QED) is 0.128. The predicted octanol–water partition coefficient (Wildman–Crippen LogP) is 5.72. The van der Waals surface area contributed by atoms with Crippen LogP contribution in [0.5, 0.6) is 17.2 Å². The monoisotopic (exact) mass is 534 g/mol. The average Bonchev–Trinajstić information content (AvgIpc) is 2.89. The first-order valence-corrected chi connectivity index (χ1v) is 13.2. The molecule has 2 aromatic rings. The van der Waals surface area contributed by atoms with Crippen LogP contribution in [0.15, 0.2) is 71.8 Å². The van der Waals surface area contributed by atoms with Gasteiger partial charge in [-0.15, -0.1) is 0 Å². The van der Waals surface area contributed by atoms with Crippen LogP contribution in [0.2, 0.25) is 0 Å². The standard InChI is InChI=1S/C32H42N2O5/c1-24(2)16-20-37-27-11-8-26(9-12-27)10-15-30(35)29-14-13-28(38-21-17-25(3)4)22-31(29)39-23-32(36)33-18-7-19-34(5)6/h8-17,22H,7,18-21,23H2,1-6H3,(H,33,36)/b15-10+. The van der Waals surface area contributed by atoms with Crippen LogP contribution in [0.3, 0.4) is 0 Å². The van der Waals surface area contributed by atoms with Crippen molar-refractivity contribution in [2.75, 3.05) is 47.0 Å². The third-order valence-corrected chi connectivity index (χ3v) is 5.47. The van der Waals surface area contributed by atoms with Crippen molar-refractivity contribution in [3.63, 3.8) is 0 Å². The topological polar surface area (TPSA) is 77.1 Å². The van der Waals surface area contributed by atoms with Crippen LogP contribution in [0, 0.1) is 0 Å². The van der Waals surface area contributed by atoms with Crippen molar-refractivity contribution in [3.05, 3.63) is 83.0 Å². The van der Waals surface area contributed by atoms with E-state index in [1.54, 1.807) is 24.3 Å². The van der Waals surface area contributed by atoms with Gasteiger partial charge in [-0.25, -0.2) is 0 Å². The molecule has 0 saturated heterocycles. The van der Waals surface area contributed by atoms with E-state index in [0.29, 0.717) is 36.8 Å². The van der Waals surface area contributed by atoms with Crippen LogP contribution < -0.4 is 19.5 Å². The number of carbonyl (C=O) groups is 2. The van der Waals surface area contributed by atoms with Crippen molar-refractivity contribution in [2.45, 2.75) is 34.1 Å². The molecule has 0 bridgehead atoms. The molecule has 0 atom stereocenters. The van der Waals surface area contributed by atoms with E-state index in [0.717, 1.165) is 29.9 Å². The summed E-state index contributed by atoms with van der Waals surface area (Å²) in [4.78, 5) is 27.5. The smallest absolute Gasteiger partial charge is 0.257 e. The highest BCUT2D eigenvalue weighted by Crippen LogP contribution is 2.26. The molecule has 0 aliphatic carbocycles. The van der Waals surface area contributed by atoms with E-state index in [1.807, 2.05) is 78.2 Å². The molecule has 0 radical (unpaired) electrons. The molecular weight excluding hydrogens is 492 g/mol. The molecule has 39 heavy (non-hydrogen) atoms. The fourth-order valence-electron chi connectivity index (χ4n) is 3.28. The van der Waals surface area contributed by atoms with Crippen LogP contribution in [0.25, 0.3) is 6.08 Å². The summed E-state index contributed by atoms with van der Waals surface area (Å²) in [5.41, 5.74) is 3.55. The highest BCUT2D eigenvalue weighted by atomic mass is 16.5. The number of hydrogen-bond donors (Lipinski definition) is 1. The third kappa shape index (κ3) is 13.0. The molecule has 0 aliphatic rings. The Morgan fingerprint density at radius 2 is 1.46 bits per heavy atom. The van der Waals surface area contributed by atoms with E-state index in [9.17, 15) is 9.59 Å². The zero-order valence-electron chi connectivity index (χ0n) is 24.1. The number of amides is 1. The van der Waals surface area contributed by atoms with Crippen molar-refractivity contribution < 1.29 is 23.8 Å². The predicted molar refractivity (Wildman–Crippen MR) is 158 cm³/mol. The number of ether oxygens (including phenoxy) is 3. The Morgan fingerprint density at radius 1 is 0.846 bits per heavy atom.